The minimum Gasteiger partial charge on any atom is -0.497 e. The van der Waals surface area contributed by atoms with Crippen molar-refractivity contribution in [1.82, 2.24) is 14.6 Å². The number of fused-ring (bicyclic) bond motifs is 1. The summed E-state index contributed by atoms with van der Waals surface area (Å²) in [6.07, 6.45) is 1.30. The molecule has 3 aromatic carbocycles. The lowest BCUT2D eigenvalue weighted by Crippen LogP contribution is -2.02. The van der Waals surface area contributed by atoms with Gasteiger partial charge in [-0.25, -0.2) is 14.3 Å². The molecule has 0 atom stereocenters. The Morgan fingerprint density at radius 3 is 2.32 bits per heavy atom. The van der Waals surface area contributed by atoms with Crippen molar-refractivity contribution in [3.63, 3.8) is 0 Å². The van der Waals surface area contributed by atoms with E-state index < -0.39 is 5.97 Å². The lowest BCUT2D eigenvalue weighted by atomic mass is 9.98. The maximum Gasteiger partial charge on any atom is 0.338 e. The first kappa shape index (κ1) is 21.0. The number of hydrogen-bond acceptors (Lipinski definition) is 6. The van der Waals surface area contributed by atoms with Gasteiger partial charge >= 0.3 is 5.97 Å². The van der Waals surface area contributed by atoms with Crippen molar-refractivity contribution in [2.24, 2.45) is 0 Å². The molecular formula is C26H20N4O4. The molecule has 0 saturated heterocycles. The molecule has 8 heteroatoms. The molecule has 3 N–H and O–H groups in total. The molecule has 2 aromatic heterocycles. The largest absolute Gasteiger partial charge is 0.497 e. The van der Waals surface area contributed by atoms with E-state index in [1.807, 2.05) is 30.3 Å². The molecule has 0 fully saturated rings. The van der Waals surface area contributed by atoms with Gasteiger partial charge in [0.15, 0.2) is 5.82 Å². The van der Waals surface area contributed by atoms with Gasteiger partial charge in [0.25, 0.3) is 0 Å². The molecule has 2 heterocycles. The van der Waals surface area contributed by atoms with Crippen LogP contribution in [0, 0.1) is 0 Å². The lowest BCUT2D eigenvalue weighted by molar-refractivity contribution is 0.0698. The minimum atomic E-state index is -1.11. The number of methoxy groups -OCH3 is 1. The van der Waals surface area contributed by atoms with Crippen molar-refractivity contribution < 1.29 is 19.4 Å². The molecule has 0 spiro atoms. The maximum absolute atomic E-state index is 12.6. The average Bonchev–Trinajstić information content (AvgIpc) is 3.22. The molecule has 0 amide bonds. The number of carboxylic acids is 1. The Morgan fingerprint density at radius 1 is 0.912 bits per heavy atom. The zero-order valence-corrected chi connectivity index (χ0v) is 18.2. The topological polar surface area (TPSA) is 112 Å². The second-order valence-corrected chi connectivity index (χ2v) is 7.48. The first-order chi connectivity index (χ1) is 16.6. The van der Waals surface area contributed by atoms with Crippen molar-refractivity contribution >= 4 is 17.3 Å². The van der Waals surface area contributed by atoms with E-state index >= 15 is 0 Å². The third kappa shape index (κ3) is 3.67. The number of nitrogens with zero attached hydrogens (tertiary/aromatic N) is 3. The van der Waals surface area contributed by atoms with Crippen molar-refractivity contribution in [1.29, 1.82) is 0 Å². The standard InChI is InChI=1S/C26H20N4O4/c1-33-20-9-5-6-17(14-20)23-22(26(31)32)21(24-25(27)28-15-29-30(23)24)16-10-12-19(13-11-16)34-18-7-3-2-4-8-18/h2-15H,1H3,(H,31,32)(H2,27,28,29). The number of hydrogen-bond donors (Lipinski definition) is 2. The van der Waals surface area contributed by atoms with Crippen LogP contribution in [0.25, 0.3) is 27.9 Å². The van der Waals surface area contributed by atoms with E-state index in [1.54, 1.807) is 55.6 Å². The fourth-order valence-corrected chi connectivity index (χ4v) is 3.95. The molecule has 0 bridgehead atoms. The Morgan fingerprint density at radius 2 is 1.62 bits per heavy atom. The van der Waals surface area contributed by atoms with Gasteiger partial charge in [0.2, 0.25) is 0 Å². The number of carboxylic acid groups (broad SMARTS) is 1. The summed E-state index contributed by atoms with van der Waals surface area (Å²) < 4.78 is 12.7. The summed E-state index contributed by atoms with van der Waals surface area (Å²) in [5.41, 5.74) is 8.79. The highest BCUT2D eigenvalue weighted by atomic mass is 16.5. The molecule has 0 radical (unpaired) electrons. The molecule has 0 unspecified atom stereocenters. The third-order valence-electron chi connectivity index (χ3n) is 5.43. The Kier molecular flexibility index (Phi) is 5.31. The van der Waals surface area contributed by atoms with E-state index in [-0.39, 0.29) is 11.4 Å². The molecular weight excluding hydrogens is 432 g/mol. The quantitative estimate of drug-likeness (QED) is 0.367. The summed E-state index contributed by atoms with van der Waals surface area (Å²) >= 11 is 0. The number of aromatic carboxylic acids is 1. The van der Waals surface area contributed by atoms with Crippen LogP contribution in [0.3, 0.4) is 0 Å². The molecule has 8 nitrogen and oxygen atoms in total. The van der Waals surface area contributed by atoms with Gasteiger partial charge in [-0.3, -0.25) is 0 Å². The molecule has 168 valence electrons. The van der Waals surface area contributed by atoms with E-state index in [0.717, 1.165) is 0 Å². The summed E-state index contributed by atoms with van der Waals surface area (Å²) in [6, 6.07) is 23.7. The van der Waals surface area contributed by atoms with E-state index in [1.165, 1.54) is 10.8 Å². The number of rotatable bonds is 6. The van der Waals surface area contributed by atoms with Crippen LogP contribution in [0.15, 0.2) is 85.2 Å². The van der Waals surface area contributed by atoms with Gasteiger partial charge in [0, 0.05) is 11.1 Å². The van der Waals surface area contributed by atoms with Gasteiger partial charge < -0.3 is 20.3 Å². The first-order valence-corrected chi connectivity index (χ1v) is 10.4. The van der Waals surface area contributed by atoms with Crippen molar-refractivity contribution in [2.45, 2.75) is 0 Å². The van der Waals surface area contributed by atoms with Crippen LogP contribution in [-0.4, -0.2) is 32.8 Å². The van der Waals surface area contributed by atoms with E-state index in [4.69, 9.17) is 15.2 Å². The van der Waals surface area contributed by atoms with E-state index in [0.29, 0.717) is 45.1 Å². The molecule has 0 saturated carbocycles. The average molecular weight is 452 g/mol. The number of carbonyl (C=O) groups is 1. The second-order valence-electron chi connectivity index (χ2n) is 7.48. The van der Waals surface area contributed by atoms with Gasteiger partial charge in [-0.05, 0) is 42.0 Å². The smallest absolute Gasteiger partial charge is 0.338 e. The zero-order chi connectivity index (χ0) is 23.7. The Labute approximate surface area is 194 Å². The monoisotopic (exact) mass is 452 g/mol. The number of para-hydroxylation sites is 1. The molecule has 0 aliphatic carbocycles. The van der Waals surface area contributed by atoms with E-state index in [2.05, 4.69) is 10.1 Å². The van der Waals surface area contributed by atoms with Crippen LogP contribution < -0.4 is 15.2 Å². The van der Waals surface area contributed by atoms with Crippen LogP contribution in [0.2, 0.25) is 0 Å². The fraction of sp³-hybridized carbons (Fsp3) is 0.0385. The molecule has 5 aromatic rings. The van der Waals surface area contributed by atoms with Crippen molar-refractivity contribution in [2.75, 3.05) is 12.8 Å². The summed E-state index contributed by atoms with van der Waals surface area (Å²) in [6.45, 7) is 0. The van der Waals surface area contributed by atoms with Gasteiger partial charge in [-0.15, -0.1) is 0 Å². The number of benzene rings is 3. The summed E-state index contributed by atoms with van der Waals surface area (Å²) in [4.78, 5) is 16.7. The molecule has 5 rings (SSSR count). The van der Waals surface area contributed by atoms with Crippen LogP contribution in [0.1, 0.15) is 10.4 Å². The maximum atomic E-state index is 12.6. The highest BCUT2D eigenvalue weighted by Gasteiger charge is 2.28. The Balaban J connectivity index is 1.71. The fourth-order valence-electron chi connectivity index (χ4n) is 3.95. The Hall–Kier alpha value is -4.85. The Bertz CT molecular complexity index is 1500. The predicted molar refractivity (Wildman–Crippen MR) is 128 cm³/mol. The minimum absolute atomic E-state index is 0.0668. The van der Waals surface area contributed by atoms with Crippen molar-refractivity contribution in [3.8, 4) is 39.6 Å². The number of nitrogens with two attached hydrogens (primary N) is 1. The zero-order valence-electron chi connectivity index (χ0n) is 18.2. The highest BCUT2D eigenvalue weighted by molar-refractivity contribution is 6.09. The first-order valence-electron chi connectivity index (χ1n) is 10.4. The lowest BCUT2D eigenvalue weighted by Gasteiger charge is -2.08. The van der Waals surface area contributed by atoms with Crippen LogP contribution in [0.5, 0.6) is 17.2 Å². The van der Waals surface area contributed by atoms with Gasteiger partial charge in [-0.2, -0.15) is 5.10 Å². The van der Waals surface area contributed by atoms with E-state index in [9.17, 15) is 9.90 Å². The van der Waals surface area contributed by atoms with Gasteiger partial charge in [-0.1, -0.05) is 42.5 Å². The third-order valence-corrected chi connectivity index (χ3v) is 5.43. The van der Waals surface area contributed by atoms with Gasteiger partial charge in [0.05, 0.1) is 18.4 Å². The summed E-state index contributed by atoms with van der Waals surface area (Å²) in [5.74, 6) is 0.977. The highest BCUT2D eigenvalue weighted by Crippen LogP contribution is 2.41. The van der Waals surface area contributed by atoms with Crippen LogP contribution in [-0.2, 0) is 0 Å². The summed E-state index contributed by atoms with van der Waals surface area (Å²) in [5, 5.41) is 14.6. The van der Waals surface area contributed by atoms with Gasteiger partial charge in [0.1, 0.15) is 29.1 Å². The normalized spacial score (nSPS) is 10.9. The number of anilines is 1. The molecule has 0 aliphatic rings. The number of ether oxygens (including phenoxy) is 2. The summed E-state index contributed by atoms with van der Waals surface area (Å²) in [7, 11) is 1.55. The molecule has 0 aliphatic heterocycles. The second kappa shape index (κ2) is 8.59. The molecule has 34 heavy (non-hydrogen) atoms. The van der Waals surface area contributed by atoms with Crippen LogP contribution >= 0.6 is 0 Å². The SMILES string of the molecule is COc1cccc(-c2c(C(=O)O)c(-c3ccc(Oc4ccccc4)cc3)c3c(N)ncnn23)c1. The van der Waals surface area contributed by atoms with Crippen molar-refractivity contribution in [3.05, 3.63) is 90.8 Å². The number of nitrogen functional groups attached to an aromatic ring is 1. The predicted octanol–water partition coefficient (Wildman–Crippen LogP) is 5.14. The number of aromatic nitrogens is 3. The van der Waals surface area contributed by atoms with Crippen LogP contribution in [0.4, 0.5) is 5.82 Å².